The van der Waals surface area contributed by atoms with E-state index in [1.165, 1.54) is 32.6 Å². The van der Waals surface area contributed by atoms with Crippen molar-refractivity contribution in [3.8, 4) is 5.75 Å². The van der Waals surface area contributed by atoms with Crippen molar-refractivity contribution in [3.63, 3.8) is 0 Å². The van der Waals surface area contributed by atoms with E-state index in [1.807, 2.05) is 36.4 Å². The van der Waals surface area contributed by atoms with E-state index in [1.54, 1.807) is 12.1 Å². The minimum absolute atomic E-state index is 0. The molecular formula is C25H31N2NaO4. The van der Waals surface area contributed by atoms with Crippen LogP contribution in [-0.4, -0.2) is 30.1 Å². The van der Waals surface area contributed by atoms with Gasteiger partial charge in [-0.05, 0) is 49.6 Å². The van der Waals surface area contributed by atoms with Crippen LogP contribution in [0.5, 0.6) is 5.75 Å². The molecule has 0 bridgehead atoms. The third-order valence-corrected chi connectivity index (χ3v) is 5.32. The van der Waals surface area contributed by atoms with Gasteiger partial charge in [-0.15, -0.1) is 0 Å². The molecular weight excluding hydrogens is 415 g/mol. The number of carboxylic acid groups (broad SMARTS) is 1. The molecule has 0 unspecified atom stereocenters. The zero-order valence-corrected chi connectivity index (χ0v) is 21.4. The maximum absolute atomic E-state index is 10.8. The third-order valence-electron chi connectivity index (χ3n) is 5.32. The molecule has 0 saturated heterocycles. The van der Waals surface area contributed by atoms with Crippen LogP contribution in [0.3, 0.4) is 0 Å². The average Bonchev–Trinajstić information content (AvgIpc) is 3.20. The van der Waals surface area contributed by atoms with Crippen molar-refractivity contribution in [2.24, 2.45) is 0 Å². The van der Waals surface area contributed by atoms with Gasteiger partial charge in [-0.2, -0.15) is 4.98 Å². The molecule has 32 heavy (non-hydrogen) atoms. The van der Waals surface area contributed by atoms with Crippen LogP contribution < -0.4 is 44.3 Å². The van der Waals surface area contributed by atoms with E-state index in [-0.39, 0.29) is 29.6 Å². The first-order chi connectivity index (χ1) is 15.1. The Bertz CT molecular complexity index is 925. The number of unbranched alkanes of at least 4 members (excludes halogenated alkanes) is 4. The SMILES string of the molecule is CCCCCCCN(CCc1ccc(O[C@H](C)C(=O)[O-])cc1)c1nc2ccccc2o1.[Na+]. The number of aromatic nitrogens is 1. The number of rotatable bonds is 13. The van der Waals surface area contributed by atoms with Crippen LogP contribution in [0.25, 0.3) is 11.1 Å². The number of hydrogen-bond acceptors (Lipinski definition) is 6. The number of benzene rings is 2. The van der Waals surface area contributed by atoms with Crippen molar-refractivity contribution in [3.05, 3.63) is 54.1 Å². The number of nitrogens with zero attached hydrogens (tertiary/aromatic N) is 2. The summed E-state index contributed by atoms with van der Waals surface area (Å²) in [6.07, 6.45) is 5.91. The molecule has 3 rings (SSSR count). The van der Waals surface area contributed by atoms with E-state index in [2.05, 4.69) is 16.8 Å². The predicted octanol–water partition coefficient (Wildman–Crippen LogP) is 1.37. The Morgan fingerprint density at radius 1 is 1.06 bits per heavy atom. The molecule has 0 radical (unpaired) electrons. The molecule has 1 aromatic heterocycles. The maximum atomic E-state index is 10.8. The maximum Gasteiger partial charge on any atom is 1.00 e. The van der Waals surface area contributed by atoms with Crippen LogP contribution in [0.4, 0.5) is 6.01 Å². The fourth-order valence-corrected chi connectivity index (χ4v) is 3.46. The van der Waals surface area contributed by atoms with Crippen molar-refractivity contribution in [1.82, 2.24) is 4.98 Å². The Balaban J connectivity index is 0.00000363. The second-order valence-electron chi connectivity index (χ2n) is 7.84. The number of fused-ring (bicyclic) bond motifs is 1. The van der Waals surface area contributed by atoms with Crippen molar-refractivity contribution < 1.29 is 48.6 Å². The van der Waals surface area contributed by atoms with Crippen LogP contribution in [-0.2, 0) is 11.2 Å². The molecule has 166 valence electrons. The molecule has 0 aliphatic carbocycles. The Morgan fingerprint density at radius 3 is 2.47 bits per heavy atom. The molecule has 0 fully saturated rings. The van der Waals surface area contributed by atoms with Gasteiger partial charge in [-0.1, -0.05) is 56.9 Å². The zero-order valence-electron chi connectivity index (χ0n) is 19.4. The molecule has 1 heterocycles. The third kappa shape index (κ3) is 7.84. The van der Waals surface area contributed by atoms with Crippen molar-refractivity contribution in [2.45, 2.75) is 58.5 Å². The Kier molecular flexibility index (Phi) is 11.1. The van der Waals surface area contributed by atoms with Gasteiger partial charge >= 0.3 is 29.6 Å². The van der Waals surface area contributed by atoms with Gasteiger partial charge in [-0.25, -0.2) is 0 Å². The summed E-state index contributed by atoms with van der Waals surface area (Å²) in [5.41, 5.74) is 2.81. The summed E-state index contributed by atoms with van der Waals surface area (Å²) in [5.74, 6) is -0.704. The molecule has 0 spiro atoms. The monoisotopic (exact) mass is 446 g/mol. The topological polar surface area (TPSA) is 78.6 Å². The molecule has 0 saturated carbocycles. The molecule has 3 aromatic rings. The van der Waals surface area contributed by atoms with E-state index in [4.69, 9.17) is 9.15 Å². The summed E-state index contributed by atoms with van der Waals surface area (Å²) in [6.45, 7) is 5.37. The van der Waals surface area contributed by atoms with Gasteiger partial charge in [-0.3, -0.25) is 0 Å². The smallest absolute Gasteiger partial charge is 0.546 e. The fraction of sp³-hybridized carbons (Fsp3) is 0.440. The van der Waals surface area contributed by atoms with Gasteiger partial charge in [0.1, 0.15) is 17.4 Å². The molecule has 1 atom stereocenters. The number of carboxylic acids is 1. The number of carbonyl (C=O) groups excluding carboxylic acids is 1. The summed E-state index contributed by atoms with van der Waals surface area (Å²) in [5, 5.41) is 10.8. The van der Waals surface area contributed by atoms with Crippen molar-refractivity contribution >= 4 is 23.1 Å². The molecule has 2 aromatic carbocycles. The predicted molar refractivity (Wildman–Crippen MR) is 120 cm³/mol. The van der Waals surface area contributed by atoms with Crippen LogP contribution >= 0.6 is 0 Å². The summed E-state index contributed by atoms with van der Waals surface area (Å²) in [7, 11) is 0. The van der Waals surface area contributed by atoms with E-state index in [0.717, 1.165) is 42.6 Å². The average molecular weight is 447 g/mol. The molecule has 0 N–H and O–H groups in total. The number of oxazole rings is 1. The summed E-state index contributed by atoms with van der Waals surface area (Å²) in [6, 6.07) is 16.0. The van der Waals surface area contributed by atoms with Gasteiger partial charge in [0.25, 0.3) is 6.01 Å². The van der Waals surface area contributed by atoms with Gasteiger partial charge in [0.15, 0.2) is 5.58 Å². The fourth-order valence-electron chi connectivity index (χ4n) is 3.46. The van der Waals surface area contributed by atoms with Gasteiger partial charge in [0, 0.05) is 13.1 Å². The van der Waals surface area contributed by atoms with E-state index in [9.17, 15) is 9.90 Å². The van der Waals surface area contributed by atoms with E-state index < -0.39 is 12.1 Å². The standard InChI is InChI=1S/C25H32N2O4.Na/c1-3-4-5-6-9-17-27(25-26-22-10-7-8-11-23(22)31-25)18-16-20-12-14-21(15-13-20)30-19(2)24(28)29;/h7-8,10-15,19H,3-6,9,16-18H2,1-2H3,(H,28,29);/q;+1/p-1/t19-;/m1./s1. The summed E-state index contributed by atoms with van der Waals surface area (Å²) < 4.78 is 11.4. The summed E-state index contributed by atoms with van der Waals surface area (Å²) >= 11 is 0. The minimum atomic E-state index is -1.23. The van der Waals surface area contributed by atoms with Crippen LogP contribution in [0.1, 0.15) is 51.5 Å². The zero-order chi connectivity index (χ0) is 22.1. The number of hydrogen-bond donors (Lipinski definition) is 0. The second-order valence-corrected chi connectivity index (χ2v) is 7.84. The first-order valence-corrected chi connectivity index (χ1v) is 11.1. The van der Waals surface area contributed by atoms with Gasteiger partial charge in [0.2, 0.25) is 0 Å². The quantitative estimate of drug-likeness (QED) is 0.292. The first kappa shape index (κ1) is 26.2. The largest absolute Gasteiger partial charge is 1.00 e. The minimum Gasteiger partial charge on any atom is -0.546 e. The van der Waals surface area contributed by atoms with Crippen molar-refractivity contribution in [2.75, 3.05) is 18.0 Å². The second kappa shape index (κ2) is 13.5. The Hall–Kier alpha value is -2.02. The van der Waals surface area contributed by atoms with Crippen LogP contribution in [0, 0.1) is 0 Å². The number of para-hydroxylation sites is 2. The van der Waals surface area contributed by atoms with Gasteiger partial charge in [0.05, 0.1) is 5.97 Å². The normalized spacial score (nSPS) is 11.7. The number of carbonyl (C=O) groups is 1. The number of anilines is 1. The van der Waals surface area contributed by atoms with Crippen molar-refractivity contribution in [1.29, 1.82) is 0 Å². The summed E-state index contributed by atoms with van der Waals surface area (Å²) in [4.78, 5) is 17.7. The van der Waals surface area contributed by atoms with E-state index >= 15 is 0 Å². The molecule has 0 aliphatic rings. The Labute approximate surface area is 212 Å². The molecule has 7 heteroatoms. The number of ether oxygens (including phenoxy) is 1. The Morgan fingerprint density at radius 2 is 1.78 bits per heavy atom. The van der Waals surface area contributed by atoms with E-state index in [0.29, 0.717) is 11.8 Å². The molecule has 6 nitrogen and oxygen atoms in total. The first-order valence-electron chi connectivity index (χ1n) is 11.1. The van der Waals surface area contributed by atoms with Crippen LogP contribution in [0.15, 0.2) is 52.9 Å². The number of aliphatic carboxylic acids is 1. The van der Waals surface area contributed by atoms with Gasteiger partial charge < -0.3 is 24.0 Å². The molecule has 0 aliphatic heterocycles. The van der Waals surface area contributed by atoms with Crippen LogP contribution in [0.2, 0.25) is 0 Å². The molecule has 0 amide bonds.